The van der Waals surface area contributed by atoms with E-state index in [4.69, 9.17) is 4.74 Å². The second-order valence-electron chi connectivity index (χ2n) is 7.25. The second-order valence-corrected chi connectivity index (χ2v) is 7.25. The molecule has 0 radical (unpaired) electrons. The Morgan fingerprint density at radius 1 is 0.958 bits per heavy atom. The summed E-state index contributed by atoms with van der Waals surface area (Å²) in [7, 11) is 0. The maximum absolute atomic E-state index is 12.5. The molecule has 0 heterocycles. The Balaban J connectivity index is 2.03. The van der Waals surface area contributed by atoms with E-state index in [1.54, 1.807) is 0 Å². The molecule has 3 rings (SSSR count). The number of hydrogen-bond acceptors (Lipinski definition) is 2. The molecule has 0 aliphatic carbocycles. The molecule has 3 aromatic carbocycles. The minimum Gasteiger partial charge on any atom is -0.460 e. The van der Waals surface area contributed by atoms with Crippen LogP contribution in [-0.4, -0.2) is 5.97 Å². The molecule has 124 valence electrons. The predicted octanol–water partition coefficient (Wildman–Crippen LogP) is 5.72. The van der Waals surface area contributed by atoms with Crippen molar-refractivity contribution < 1.29 is 9.53 Å². The van der Waals surface area contributed by atoms with Crippen molar-refractivity contribution in [1.82, 2.24) is 0 Å². The van der Waals surface area contributed by atoms with E-state index in [-0.39, 0.29) is 11.9 Å². The van der Waals surface area contributed by atoms with E-state index < -0.39 is 5.41 Å². The van der Waals surface area contributed by atoms with Gasteiger partial charge in [-0.15, -0.1) is 0 Å². The molecule has 0 aliphatic heterocycles. The van der Waals surface area contributed by atoms with Crippen molar-refractivity contribution in [3.8, 4) is 0 Å². The third-order valence-corrected chi connectivity index (χ3v) is 5.20. The highest BCUT2D eigenvalue weighted by molar-refractivity contribution is 6.02. The quantitative estimate of drug-likeness (QED) is 0.454. The van der Waals surface area contributed by atoms with Crippen LogP contribution in [0, 0.1) is 11.3 Å². The van der Waals surface area contributed by atoms with Crippen LogP contribution < -0.4 is 0 Å². The Labute approximate surface area is 143 Å². The van der Waals surface area contributed by atoms with Crippen LogP contribution in [-0.2, 0) is 16.1 Å². The lowest BCUT2D eigenvalue weighted by atomic mass is 9.81. The molecule has 0 unspecified atom stereocenters. The lowest BCUT2D eigenvalue weighted by Crippen LogP contribution is -2.31. The fourth-order valence-corrected chi connectivity index (χ4v) is 2.82. The molecule has 24 heavy (non-hydrogen) atoms. The summed E-state index contributed by atoms with van der Waals surface area (Å²) in [6.07, 6.45) is 0. The van der Waals surface area contributed by atoms with Gasteiger partial charge in [0, 0.05) is 5.56 Å². The maximum atomic E-state index is 12.5. The highest BCUT2D eigenvalue weighted by atomic mass is 16.5. The van der Waals surface area contributed by atoms with Crippen LogP contribution in [0.5, 0.6) is 0 Å². The largest absolute Gasteiger partial charge is 0.460 e. The molecule has 0 fully saturated rings. The number of rotatable bonds is 4. The number of carbonyl (C=O) groups excluding carboxylic acids is 1. The van der Waals surface area contributed by atoms with E-state index in [0.717, 1.165) is 16.3 Å². The monoisotopic (exact) mass is 320 g/mol. The van der Waals surface area contributed by atoms with Gasteiger partial charge < -0.3 is 4.74 Å². The summed E-state index contributed by atoms with van der Waals surface area (Å²) < 4.78 is 5.73. The Hall–Kier alpha value is -2.35. The standard InChI is InChI=1S/C22H24O2/c1-15(2)22(3,4)21(23)24-14-20-18-11-7-5-9-16(18)13-17-10-6-8-12-19(17)20/h5-13,15H,14H2,1-4H3. The molecule has 0 saturated carbocycles. The fourth-order valence-electron chi connectivity index (χ4n) is 2.82. The number of fused-ring (bicyclic) bond motifs is 2. The summed E-state index contributed by atoms with van der Waals surface area (Å²) in [5, 5.41) is 4.63. The molecule has 0 N–H and O–H groups in total. The summed E-state index contributed by atoms with van der Waals surface area (Å²) in [5.41, 5.74) is 0.594. The zero-order valence-corrected chi connectivity index (χ0v) is 14.8. The number of esters is 1. The van der Waals surface area contributed by atoms with Gasteiger partial charge in [0.05, 0.1) is 5.41 Å². The molecular formula is C22H24O2. The van der Waals surface area contributed by atoms with Crippen molar-refractivity contribution in [1.29, 1.82) is 0 Å². The van der Waals surface area contributed by atoms with Crippen LogP contribution in [0.25, 0.3) is 21.5 Å². The van der Waals surface area contributed by atoms with Crippen molar-refractivity contribution in [3.05, 3.63) is 60.2 Å². The van der Waals surface area contributed by atoms with E-state index in [9.17, 15) is 4.79 Å². The Kier molecular flexibility index (Phi) is 4.31. The van der Waals surface area contributed by atoms with Gasteiger partial charge in [0.2, 0.25) is 0 Å². The van der Waals surface area contributed by atoms with E-state index in [0.29, 0.717) is 6.61 Å². The Morgan fingerprint density at radius 2 is 1.46 bits per heavy atom. The van der Waals surface area contributed by atoms with Gasteiger partial charge in [-0.25, -0.2) is 0 Å². The van der Waals surface area contributed by atoms with Crippen molar-refractivity contribution >= 4 is 27.5 Å². The van der Waals surface area contributed by atoms with Crippen LogP contribution in [0.3, 0.4) is 0 Å². The maximum Gasteiger partial charge on any atom is 0.312 e. The summed E-state index contributed by atoms with van der Waals surface area (Å²) >= 11 is 0. The van der Waals surface area contributed by atoms with Crippen LogP contribution in [0.15, 0.2) is 54.6 Å². The SMILES string of the molecule is CC(C)C(C)(C)C(=O)OCc1c2ccccc2cc2ccccc12. The van der Waals surface area contributed by atoms with Crippen molar-refractivity contribution in [2.75, 3.05) is 0 Å². The van der Waals surface area contributed by atoms with Crippen molar-refractivity contribution in [2.24, 2.45) is 11.3 Å². The lowest BCUT2D eigenvalue weighted by molar-refractivity contribution is -0.157. The molecule has 2 nitrogen and oxygen atoms in total. The number of benzene rings is 3. The van der Waals surface area contributed by atoms with Gasteiger partial charge in [-0.05, 0) is 47.4 Å². The highest BCUT2D eigenvalue weighted by Gasteiger charge is 2.33. The number of ether oxygens (including phenoxy) is 1. The van der Waals surface area contributed by atoms with Crippen LogP contribution in [0.2, 0.25) is 0 Å². The second kappa shape index (κ2) is 6.27. The zero-order valence-electron chi connectivity index (χ0n) is 14.8. The fraction of sp³-hybridized carbons (Fsp3) is 0.318. The smallest absolute Gasteiger partial charge is 0.312 e. The minimum absolute atomic E-state index is 0.144. The molecule has 0 saturated heterocycles. The van der Waals surface area contributed by atoms with Crippen molar-refractivity contribution in [3.63, 3.8) is 0 Å². The molecule has 2 heteroatoms. The molecule has 0 amide bonds. The average molecular weight is 320 g/mol. The molecule has 0 bridgehead atoms. The van der Waals surface area contributed by atoms with Crippen LogP contribution >= 0.6 is 0 Å². The van der Waals surface area contributed by atoms with Crippen LogP contribution in [0.1, 0.15) is 33.3 Å². The van der Waals surface area contributed by atoms with Gasteiger partial charge in [-0.3, -0.25) is 4.79 Å². The topological polar surface area (TPSA) is 26.3 Å². The zero-order chi connectivity index (χ0) is 17.3. The van der Waals surface area contributed by atoms with Gasteiger partial charge in [-0.1, -0.05) is 62.4 Å². The first-order chi connectivity index (χ1) is 11.4. The summed E-state index contributed by atoms with van der Waals surface area (Å²) in [6, 6.07) is 18.7. The summed E-state index contributed by atoms with van der Waals surface area (Å²) in [5.74, 6) is 0.0868. The lowest BCUT2D eigenvalue weighted by Gasteiger charge is -2.26. The third-order valence-electron chi connectivity index (χ3n) is 5.20. The van der Waals surface area contributed by atoms with Crippen LogP contribution in [0.4, 0.5) is 0 Å². The summed E-state index contributed by atoms with van der Waals surface area (Å²) in [4.78, 5) is 12.5. The predicted molar refractivity (Wildman–Crippen MR) is 99.9 cm³/mol. The molecular weight excluding hydrogens is 296 g/mol. The Morgan fingerprint density at radius 3 is 1.96 bits per heavy atom. The summed E-state index contributed by atoms with van der Waals surface area (Å²) in [6.45, 7) is 8.29. The highest BCUT2D eigenvalue weighted by Crippen LogP contribution is 2.31. The van der Waals surface area contributed by atoms with E-state index in [1.165, 1.54) is 10.8 Å². The van der Waals surface area contributed by atoms with Crippen molar-refractivity contribution in [2.45, 2.75) is 34.3 Å². The molecule has 0 atom stereocenters. The van der Waals surface area contributed by atoms with Gasteiger partial charge in [0.25, 0.3) is 0 Å². The van der Waals surface area contributed by atoms with E-state index >= 15 is 0 Å². The van der Waals surface area contributed by atoms with Gasteiger partial charge >= 0.3 is 5.97 Å². The minimum atomic E-state index is -0.486. The Bertz CT molecular complexity index is 837. The molecule has 0 aliphatic rings. The number of carbonyl (C=O) groups is 1. The first kappa shape index (κ1) is 16.5. The first-order valence-corrected chi connectivity index (χ1v) is 8.48. The van der Waals surface area contributed by atoms with Gasteiger partial charge in [-0.2, -0.15) is 0 Å². The molecule has 0 aromatic heterocycles. The van der Waals surface area contributed by atoms with E-state index in [2.05, 4.69) is 44.2 Å². The average Bonchev–Trinajstić information content (AvgIpc) is 2.58. The first-order valence-electron chi connectivity index (χ1n) is 8.48. The number of hydrogen-bond donors (Lipinski definition) is 0. The molecule has 0 spiro atoms. The van der Waals surface area contributed by atoms with Gasteiger partial charge in [0.1, 0.15) is 6.61 Å². The van der Waals surface area contributed by atoms with E-state index in [1.807, 2.05) is 38.1 Å². The molecule has 3 aromatic rings. The third kappa shape index (κ3) is 2.89. The van der Waals surface area contributed by atoms with Gasteiger partial charge in [0.15, 0.2) is 0 Å². The normalized spacial score (nSPS) is 12.0.